The lowest BCUT2D eigenvalue weighted by Crippen LogP contribution is -2.31. The second-order valence-electron chi connectivity index (χ2n) is 13.2. The van der Waals surface area contributed by atoms with Crippen LogP contribution in [0.3, 0.4) is 0 Å². The summed E-state index contributed by atoms with van der Waals surface area (Å²) in [4.78, 5) is 44.3. The molecule has 8 rings (SSSR count). The van der Waals surface area contributed by atoms with E-state index in [0.717, 1.165) is 21.9 Å². The van der Waals surface area contributed by atoms with Gasteiger partial charge in [-0.25, -0.2) is 22.6 Å². The number of phenolic OH excluding ortho intramolecular Hbond substituents is 1. The van der Waals surface area contributed by atoms with Crippen molar-refractivity contribution in [3.05, 3.63) is 157 Å². The number of aromatic hydroxyl groups is 1. The van der Waals surface area contributed by atoms with Gasteiger partial charge in [0.1, 0.15) is 37.1 Å². The number of alkyl halides is 3. The van der Waals surface area contributed by atoms with Gasteiger partial charge in [-0.3, -0.25) is 9.79 Å². The van der Waals surface area contributed by atoms with Crippen LogP contribution < -0.4 is 23.1 Å². The summed E-state index contributed by atoms with van der Waals surface area (Å²) in [6.45, 7) is 0. The normalized spacial score (nSPS) is 11.4. The quantitative estimate of drug-likeness (QED) is 0.0277. The molecule has 0 spiro atoms. The fourth-order valence-corrected chi connectivity index (χ4v) is 6.84. The number of ether oxygens (including phenoxy) is 2. The third kappa shape index (κ3) is 10.9. The number of carbonyl (C=O) groups excluding carboxylic acids is 2. The highest BCUT2D eigenvalue weighted by Gasteiger charge is 2.37. The second kappa shape index (κ2) is 19.0. The molecule has 0 aliphatic carbocycles. The number of benzene rings is 6. The van der Waals surface area contributed by atoms with Crippen LogP contribution in [0.25, 0.3) is 43.6 Å². The summed E-state index contributed by atoms with van der Waals surface area (Å²) in [5.74, 6) is -0.0833. The Labute approximate surface area is 357 Å². The van der Waals surface area contributed by atoms with Crippen LogP contribution in [0.1, 0.15) is 28.1 Å². The van der Waals surface area contributed by atoms with Gasteiger partial charge < -0.3 is 23.7 Å². The molecule has 3 N–H and O–H groups in total. The highest BCUT2D eigenvalue weighted by atomic mass is 32.2. The molecule has 0 saturated carbocycles. The molecule has 6 aromatic carbocycles. The SMILES string of the molecule is C.C[n+]1c2ccccc2c(C(=O)Oc2ccccc2)c2cc(O)ccc21.C[n+]1c2ccccc2c(C(=O)Oc2ccccc2)c2cc(OP(=O)(O)O)ccc21.O=S(=O)([O-])C(F)(F)F. The fraction of sp³-hybridized carbons (Fsp3) is 0.0909. The number of hydrogen-bond acceptors (Lipinski definition) is 10. The third-order valence-corrected chi connectivity index (χ3v) is 10.1. The molecule has 0 bridgehead atoms. The number of esters is 2. The van der Waals surface area contributed by atoms with Gasteiger partial charge in [-0.05, 0) is 60.7 Å². The van der Waals surface area contributed by atoms with E-state index in [2.05, 4.69) is 0 Å². The molecule has 0 fully saturated rings. The van der Waals surface area contributed by atoms with Crippen LogP contribution in [0, 0.1) is 0 Å². The summed E-state index contributed by atoms with van der Waals surface area (Å²) in [5.41, 5.74) is -1.66. The lowest BCUT2D eigenvalue weighted by Gasteiger charge is -2.12. The number of phenols is 1. The number of phosphoric acid groups is 1. The molecular weight excluding hydrogens is 869 g/mol. The van der Waals surface area contributed by atoms with Crippen molar-refractivity contribution in [1.29, 1.82) is 0 Å². The summed E-state index contributed by atoms with van der Waals surface area (Å²) >= 11 is 0. The standard InChI is InChI=1S/C21H16NO6P.C21H15NO3.CHF3O3S.CH4/c1-22-18-10-6-5-9-16(18)20(21(23)27-14-7-3-2-4-8-14)17-13-15(11-12-19(17)22)28-29(24,25)26;1-22-18-10-6-5-9-16(18)20(17-13-14(23)11-12-19(17)22)21(24)25-15-7-3-2-4-8-15;2-1(3,4)8(5,6)7;/h2-13H,1H3,(H-,24,25,26);2-13H,1H3;(H,5,6,7);1H4/p+1. The van der Waals surface area contributed by atoms with Crippen LogP contribution in [0.2, 0.25) is 0 Å². The monoisotopic (exact) mass is 905 g/mol. The van der Waals surface area contributed by atoms with E-state index in [-0.39, 0.29) is 24.5 Å². The van der Waals surface area contributed by atoms with Crippen molar-refractivity contribution in [2.45, 2.75) is 12.9 Å². The number of fused-ring (bicyclic) bond motifs is 4. The molecular formula is C44H37F3N2O12PS+. The molecule has 2 aromatic heterocycles. The van der Waals surface area contributed by atoms with Crippen molar-refractivity contribution in [1.82, 2.24) is 0 Å². The molecule has 8 aromatic rings. The molecule has 63 heavy (non-hydrogen) atoms. The van der Waals surface area contributed by atoms with Gasteiger partial charge in [0.2, 0.25) is 22.1 Å². The predicted octanol–water partition coefficient (Wildman–Crippen LogP) is 7.94. The molecule has 0 radical (unpaired) electrons. The average Bonchev–Trinajstić information content (AvgIpc) is 3.21. The maximum absolute atomic E-state index is 13.1. The second-order valence-corrected chi connectivity index (χ2v) is 15.7. The van der Waals surface area contributed by atoms with Gasteiger partial charge in [-0.1, -0.05) is 68.1 Å². The Balaban J connectivity index is 0.000000202. The lowest BCUT2D eigenvalue weighted by atomic mass is 10.0. The minimum absolute atomic E-state index is 0. The van der Waals surface area contributed by atoms with Crippen LogP contribution in [0.15, 0.2) is 146 Å². The van der Waals surface area contributed by atoms with Gasteiger partial charge >= 0.3 is 25.3 Å². The van der Waals surface area contributed by atoms with Crippen molar-refractivity contribution < 1.29 is 78.3 Å². The summed E-state index contributed by atoms with van der Waals surface area (Å²) in [6.07, 6.45) is 0. The zero-order valence-electron chi connectivity index (χ0n) is 32.3. The Hall–Kier alpha value is -6.95. The molecule has 0 atom stereocenters. The summed E-state index contributed by atoms with van der Waals surface area (Å²) in [5, 5.41) is 12.5. The number of phosphoric ester groups is 1. The number of aromatic nitrogens is 2. The molecule has 326 valence electrons. The van der Waals surface area contributed by atoms with Crippen LogP contribution in [-0.4, -0.2) is 45.3 Å². The summed E-state index contributed by atoms with van der Waals surface area (Å²) in [6, 6.07) is 42.2. The molecule has 0 aliphatic rings. The first-order chi connectivity index (χ1) is 29.2. The van der Waals surface area contributed by atoms with E-state index in [4.69, 9.17) is 36.8 Å². The number of rotatable bonds is 6. The lowest BCUT2D eigenvalue weighted by molar-refractivity contribution is -0.617. The highest BCUT2D eigenvalue weighted by Crippen LogP contribution is 2.39. The van der Waals surface area contributed by atoms with Crippen LogP contribution in [-0.2, 0) is 28.8 Å². The number of halogens is 3. The van der Waals surface area contributed by atoms with Crippen molar-refractivity contribution >= 4 is 73.5 Å². The van der Waals surface area contributed by atoms with E-state index < -0.39 is 35.4 Å². The molecule has 0 unspecified atom stereocenters. The Bertz CT molecular complexity index is 3150. The molecule has 0 aliphatic heterocycles. The Morgan fingerprint density at radius 2 is 0.952 bits per heavy atom. The van der Waals surface area contributed by atoms with Crippen LogP contribution >= 0.6 is 7.82 Å². The first-order valence-electron chi connectivity index (χ1n) is 17.9. The predicted molar refractivity (Wildman–Crippen MR) is 225 cm³/mol. The smallest absolute Gasteiger partial charge is 0.524 e. The van der Waals surface area contributed by atoms with Gasteiger partial charge in [0.15, 0.2) is 10.1 Å². The van der Waals surface area contributed by atoms with Gasteiger partial charge in [0.25, 0.3) is 0 Å². The average molecular weight is 906 g/mol. The van der Waals surface area contributed by atoms with E-state index >= 15 is 0 Å². The van der Waals surface area contributed by atoms with Crippen LogP contribution in [0.4, 0.5) is 13.2 Å². The van der Waals surface area contributed by atoms with Crippen molar-refractivity contribution in [3.8, 4) is 23.0 Å². The van der Waals surface area contributed by atoms with Crippen molar-refractivity contribution in [2.24, 2.45) is 14.1 Å². The summed E-state index contributed by atoms with van der Waals surface area (Å²) < 4.78 is 89.9. The molecule has 0 saturated heterocycles. The number of carbonyl (C=O) groups is 2. The van der Waals surface area contributed by atoms with E-state index in [0.29, 0.717) is 38.7 Å². The Morgan fingerprint density at radius 3 is 1.37 bits per heavy atom. The zero-order valence-corrected chi connectivity index (χ0v) is 34.0. The largest absolute Gasteiger partial charge is 0.741 e. The number of para-hydroxylation sites is 4. The Morgan fingerprint density at radius 1 is 0.587 bits per heavy atom. The number of pyridine rings is 2. The maximum Gasteiger partial charge on any atom is 0.524 e. The zero-order chi connectivity index (χ0) is 45.0. The van der Waals surface area contributed by atoms with E-state index in [1.807, 2.05) is 90.0 Å². The van der Waals surface area contributed by atoms with Gasteiger partial charge in [-0.15, -0.1) is 0 Å². The number of aryl methyl sites for hydroxylation is 2. The fourth-order valence-electron chi connectivity index (χ4n) is 6.46. The first kappa shape index (κ1) is 47.1. The molecule has 19 heteroatoms. The number of hydrogen-bond donors (Lipinski definition) is 3. The van der Waals surface area contributed by atoms with Crippen molar-refractivity contribution in [3.63, 3.8) is 0 Å². The summed E-state index contributed by atoms with van der Waals surface area (Å²) in [7, 11) is -7.05. The molecule has 0 amide bonds. The van der Waals surface area contributed by atoms with E-state index in [1.54, 1.807) is 66.7 Å². The van der Waals surface area contributed by atoms with E-state index in [9.17, 15) is 32.4 Å². The maximum atomic E-state index is 13.1. The molecule has 14 nitrogen and oxygen atoms in total. The van der Waals surface area contributed by atoms with Crippen molar-refractivity contribution in [2.75, 3.05) is 0 Å². The van der Waals surface area contributed by atoms with Gasteiger partial charge in [0.05, 0.1) is 32.7 Å². The third-order valence-electron chi connectivity index (χ3n) is 9.10. The van der Waals surface area contributed by atoms with Crippen LogP contribution in [0.5, 0.6) is 23.0 Å². The van der Waals surface area contributed by atoms with Gasteiger partial charge in [-0.2, -0.15) is 22.3 Å². The van der Waals surface area contributed by atoms with E-state index in [1.165, 1.54) is 12.1 Å². The topological polar surface area (TPSA) is 205 Å². The number of nitrogens with zero attached hydrogens (tertiary/aromatic N) is 2. The first-order valence-corrected chi connectivity index (χ1v) is 20.9. The Kier molecular flexibility index (Phi) is 14.2. The minimum Gasteiger partial charge on any atom is -0.741 e. The van der Waals surface area contributed by atoms with Gasteiger partial charge in [0, 0.05) is 24.3 Å². The molecule has 2 heterocycles. The minimum atomic E-state index is -6.09. The highest BCUT2D eigenvalue weighted by molar-refractivity contribution is 7.86.